The Morgan fingerprint density at radius 2 is 2.19 bits per heavy atom. The molecule has 1 aromatic carbocycles. The lowest BCUT2D eigenvalue weighted by atomic mass is 10.1. The standard InChI is InChI=1S/C12H16FNO2/c1-3-9(12(15)16-2)8-14-11-7-5-4-6-10(11)13/h4-7,9,14H,3,8H2,1-2H3. The first-order valence-corrected chi connectivity index (χ1v) is 5.25. The number of benzene rings is 1. The number of methoxy groups -OCH3 is 1. The van der Waals surface area contributed by atoms with Crippen LogP contribution in [0.15, 0.2) is 24.3 Å². The molecule has 1 unspecified atom stereocenters. The van der Waals surface area contributed by atoms with Crippen LogP contribution in [-0.2, 0) is 9.53 Å². The fraction of sp³-hybridized carbons (Fsp3) is 0.417. The minimum atomic E-state index is -0.317. The van der Waals surface area contributed by atoms with Crippen LogP contribution in [0.4, 0.5) is 10.1 Å². The predicted molar refractivity (Wildman–Crippen MR) is 60.7 cm³/mol. The van der Waals surface area contributed by atoms with Gasteiger partial charge in [0.05, 0.1) is 18.7 Å². The number of rotatable bonds is 5. The van der Waals surface area contributed by atoms with E-state index in [9.17, 15) is 9.18 Å². The van der Waals surface area contributed by atoms with Gasteiger partial charge >= 0.3 is 5.97 Å². The molecule has 0 fully saturated rings. The summed E-state index contributed by atoms with van der Waals surface area (Å²) in [7, 11) is 1.36. The Bertz CT molecular complexity index is 355. The van der Waals surface area contributed by atoms with Gasteiger partial charge in [-0.05, 0) is 18.6 Å². The van der Waals surface area contributed by atoms with E-state index < -0.39 is 0 Å². The van der Waals surface area contributed by atoms with Crippen molar-refractivity contribution in [2.75, 3.05) is 19.0 Å². The summed E-state index contributed by atoms with van der Waals surface area (Å²) < 4.78 is 17.9. The molecule has 0 bridgehead atoms. The summed E-state index contributed by atoms with van der Waals surface area (Å²) >= 11 is 0. The first-order valence-electron chi connectivity index (χ1n) is 5.25. The average molecular weight is 225 g/mol. The van der Waals surface area contributed by atoms with Crippen LogP contribution in [-0.4, -0.2) is 19.6 Å². The third-order valence-corrected chi connectivity index (χ3v) is 2.44. The van der Waals surface area contributed by atoms with E-state index >= 15 is 0 Å². The molecule has 0 aliphatic carbocycles. The van der Waals surface area contributed by atoms with Crippen LogP contribution >= 0.6 is 0 Å². The second kappa shape index (κ2) is 6.10. The minimum Gasteiger partial charge on any atom is -0.469 e. The predicted octanol–water partition coefficient (Wildman–Crippen LogP) is 2.44. The van der Waals surface area contributed by atoms with Gasteiger partial charge in [0.15, 0.2) is 0 Å². The van der Waals surface area contributed by atoms with E-state index in [2.05, 4.69) is 10.1 Å². The molecule has 0 aromatic heterocycles. The van der Waals surface area contributed by atoms with Crippen molar-refractivity contribution in [1.29, 1.82) is 0 Å². The van der Waals surface area contributed by atoms with Gasteiger partial charge in [-0.25, -0.2) is 4.39 Å². The molecule has 0 aliphatic heterocycles. The van der Waals surface area contributed by atoms with E-state index in [0.29, 0.717) is 18.7 Å². The zero-order valence-electron chi connectivity index (χ0n) is 9.50. The molecule has 16 heavy (non-hydrogen) atoms. The van der Waals surface area contributed by atoms with Gasteiger partial charge in [0.1, 0.15) is 5.82 Å². The molecule has 1 atom stereocenters. The van der Waals surface area contributed by atoms with Crippen molar-refractivity contribution in [2.24, 2.45) is 5.92 Å². The minimum absolute atomic E-state index is 0.246. The number of esters is 1. The van der Waals surface area contributed by atoms with Gasteiger partial charge in [0, 0.05) is 6.54 Å². The summed E-state index contributed by atoms with van der Waals surface area (Å²) in [5, 5.41) is 2.90. The Balaban J connectivity index is 2.56. The maximum Gasteiger partial charge on any atom is 0.310 e. The van der Waals surface area contributed by atoms with Gasteiger partial charge in [0.2, 0.25) is 0 Å². The number of hydrogen-bond acceptors (Lipinski definition) is 3. The highest BCUT2D eigenvalue weighted by atomic mass is 19.1. The lowest BCUT2D eigenvalue weighted by molar-refractivity contribution is -0.145. The zero-order chi connectivity index (χ0) is 12.0. The number of ether oxygens (including phenoxy) is 1. The second-order valence-electron chi connectivity index (χ2n) is 3.49. The van der Waals surface area contributed by atoms with Crippen LogP contribution in [0.25, 0.3) is 0 Å². The van der Waals surface area contributed by atoms with Crippen LogP contribution in [0.1, 0.15) is 13.3 Å². The summed E-state index contributed by atoms with van der Waals surface area (Å²) in [6, 6.07) is 6.38. The number of carbonyl (C=O) groups excluding carboxylic acids is 1. The Labute approximate surface area is 94.6 Å². The number of para-hydroxylation sites is 1. The van der Waals surface area contributed by atoms with Crippen LogP contribution in [0, 0.1) is 11.7 Å². The molecule has 3 nitrogen and oxygen atoms in total. The van der Waals surface area contributed by atoms with Crippen molar-refractivity contribution in [1.82, 2.24) is 0 Å². The van der Waals surface area contributed by atoms with Crippen LogP contribution < -0.4 is 5.32 Å². The number of hydrogen-bond donors (Lipinski definition) is 1. The molecule has 1 rings (SSSR count). The molecular weight excluding hydrogens is 209 g/mol. The van der Waals surface area contributed by atoms with E-state index in [1.165, 1.54) is 13.2 Å². The maximum atomic E-state index is 13.2. The fourth-order valence-electron chi connectivity index (χ4n) is 1.40. The topological polar surface area (TPSA) is 38.3 Å². The Kier molecular flexibility index (Phi) is 4.76. The molecule has 1 N–H and O–H groups in total. The molecule has 1 aromatic rings. The van der Waals surface area contributed by atoms with Gasteiger partial charge in [-0.1, -0.05) is 19.1 Å². The lowest BCUT2D eigenvalue weighted by Crippen LogP contribution is -2.24. The fourth-order valence-corrected chi connectivity index (χ4v) is 1.40. The quantitative estimate of drug-likeness (QED) is 0.782. The smallest absolute Gasteiger partial charge is 0.310 e. The van der Waals surface area contributed by atoms with Crippen molar-refractivity contribution >= 4 is 11.7 Å². The van der Waals surface area contributed by atoms with Gasteiger partial charge < -0.3 is 10.1 Å². The molecule has 0 aliphatic rings. The van der Waals surface area contributed by atoms with Gasteiger partial charge in [-0.2, -0.15) is 0 Å². The van der Waals surface area contributed by atoms with Crippen molar-refractivity contribution in [3.63, 3.8) is 0 Å². The average Bonchev–Trinajstić information content (AvgIpc) is 2.31. The van der Waals surface area contributed by atoms with Crippen molar-refractivity contribution in [2.45, 2.75) is 13.3 Å². The highest BCUT2D eigenvalue weighted by Gasteiger charge is 2.16. The molecule has 0 spiro atoms. The summed E-state index contributed by atoms with van der Waals surface area (Å²) in [6.45, 7) is 2.27. The van der Waals surface area contributed by atoms with Gasteiger partial charge in [0.25, 0.3) is 0 Å². The number of halogens is 1. The van der Waals surface area contributed by atoms with Crippen molar-refractivity contribution in [3.8, 4) is 0 Å². The Morgan fingerprint density at radius 1 is 1.50 bits per heavy atom. The second-order valence-corrected chi connectivity index (χ2v) is 3.49. The highest BCUT2D eigenvalue weighted by Crippen LogP contribution is 2.14. The van der Waals surface area contributed by atoms with E-state index in [1.807, 2.05) is 6.92 Å². The van der Waals surface area contributed by atoms with Crippen LogP contribution in [0.5, 0.6) is 0 Å². The number of anilines is 1. The summed E-state index contributed by atoms with van der Waals surface area (Å²) in [6.07, 6.45) is 0.661. The SMILES string of the molecule is CCC(CNc1ccccc1F)C(=O)OC. The zero-order valence-corrected chi connectivity index (χ0v) is 9.50. The Morgan fingerprint density at radius 3 is 2.75 bits per heavy atom. The van der Waals surface area contributed by atoms with E-state index in [-0.39, 0.29) is 17.7 Å². The van der Waals surface area contributed by atoms with E-state index in [4.69, 9.17) is 0 Å². The third-order valence-electron chi connectivity index (χ3n) is 2.44. The monoisotopic (exact) mass is 225 g/mol. The Hall–Kier alpha value is -1.58. The summed E-state index contributed by atoms with van der Waals surface area (Å²) in [4.78, 5) is 11.3. The van der Waals surface area contributed by atoms with Gasteiger partial charge in [-0.15, -0.1) is 0 Å². The summed E-state index contributed by atoms with van der Waals surface area (Å²) in [5.74, 6) is -0.835. The van der Waals surface area contributed by atoms with Crippen molar-refractivity contribution < 1.29 is 13.9 Å². The number of carbonyl (C=O) groups is 1. The number of nitrogens with one attached hydrogen (secondary N) is 1. The molecule has 0 saturated carbocycles. The van der Waals surface area contributed by atoms with E-state index in [1.54, 1.807) is 18.2 Å². The first-order chi connectivity index (χ1) is 7.69. The molecule has 0 saturated heterocycles. The largest absolute Gasteiger partial charge is 0.469 e. The molecule has 88 valence electrons. The normalized spacial score (nSPS) is 11.9. The van der Waals surface area contributed by atoms with E-state index in [0.717, 1.165) is 0 Å². The maximum absolute atomic E-state index is 13.2. The highest BCUT2D eigenvalue weighted by molar-refractivity contribution is 5.73. The lowest BCUT2D eigenvalue weighted by Gasteiger charge is -2.14. The third kappa shape index (κ3) is 3.22. The van der Waals surface area contributed by atoms with Gasteiger partial charge in [-0.3, -0.25) is 4.79 Å². The molecular formula is C12H16FNO2. The first kappa shape index (κ1) is 12.5. The molecule has 4 heteroatoms. The van der Waals surface area contributed by atoms with Crippen molar-refractivity contribution in [3.05, 3.63) is 30.1 Å². The molecule has 0 radical (unpaired) electrons. The summed E-state index contributed by atoms with van der Waals surface area (Å²) in [5.41, 5.74) is 0.407. The van der Waals surface area contributed by atoms with Crippen LogP contribution in [0.3, 0.4) is 0 Å². The molecule has 0 heterocycles. The molecule has 0 amide bonds. The van der Waals surface area contributed by atoms with Crippen LogP contribution in [0.2, 0.25) is 0 Å².